The van der Waals surface area contributed by atoms with E-state index in [0.717, 1.165) is 15.4 Å². The van der Waals surface area contributed by atoms with Crippen molar-refractivity contribution in [2.45, 2.75) is 16.7 Å². The first-order valence-electron chi connectivity index (χ1n) is 10.4. The van der Waals surface area contributed by atoms with Crippen molar-refractivity contribution in [1.82, 2.24) is 20.3 Å². The van der Waals surface area contributed by atoms with Crippen LogP contribution in [0.2, 0.25) is 5.02 Å². The summed E-state index contributed by atoms with van der Waals surface area (Å²) in [5.74, 6) is -0.397. The highest BCUT2D eigenvalue weighted by Gasteiger charge is 2.18. The summed E-state index contributed by atoms with van der Waals surface area (Å²) in [5, 5.41) is 8.38. The number of carbonyl (C=O) groups is 1. The Morgan fingerprint density at radius 3 is 2.15 bits per heavy atom. The van der Waals surface area contributed by atoms with Crippen LogP contribution in [-0.4, -0.2) is 32.9 Å². The Morgan fingerprint density at radius 1 is 0.882 bits per heavy atom. The number of hydrogen-bond donors (Lipinski definition) is 0. The third-order valence-electron chi connectivity index (χ3n) is 4.94. The number of rotatable bonds is 6. The van der Waals surface area contributed by atoms with E-state index >= 15 is 0 Å². The van der Waals surface area contributed by atoms with E-state index in [2.05, 4.69) is 20.3 Å². The third kappa shape index (κ3) is 4.64. The maximum absolute atomic E-state index is 12.3. The van der Waals surface area contributed by atoms with Gasteiger partial charge in [-0.2, -0.15) is 0 Å². The number of hydrogen-bond acceptors (Lipinski definition) is 8. The molecule has 2 heterocycles. The Labute approximate surface area is 204 Å². The van der Waals surface area contributed by atoms with Crippen molar-refractivity contribution in [3.63, 3.8) is 0 Å². The third-order valence-corrected chi connectivity index (χ3v) is 6.21. The molecule has 0 atom stereocenters. The fourth-order valence-electron chi connectivity index (χ4n) is 3.37. The Hall–Kier alpha value is -3.75. The van der Waals surface area contributed by atoms with Gasteiger partial charge < -0.3 is 4.74 Å². The molecule has 0 amide bonds. The highest BCUT2D eigenvalue weighted by Crippen LogP contribution is 2.34. The van der Waals surface area contributed by atoms with Crippen LogP contribution in [0.4, 0.5) is 0 Å². The first-order chi connectivity index (χ1) is 16.6. The SMILES string of the molecule is CCOC(=O)c1cccc(-c2nc3nonc3nc2-c2ccc(Sc3ccc(Cl)cc3)cc2)c1. The summed E-state index contributed by atoms with van der Waals surface area (Å²) >= 11 is 7.61. The molecule has 0 radical (unpaired) electrons. The van der Waals surface area contributed by atoms with Crippen LogP contribution in [0.15, 0.2) is 87.2 Å². The van der Waals surface area contributed by atoms with Gasteiger partial charge in [-0.3, -0.25) is 0 Å². The number of esters is 1. The lowest BCUT2D eigenvalue weighted by molar-refractivity contribution is 0.0526. The molecule has 0 aliphatic heterocycles. The van der Waals surface area contributed by atoms with Crippen molar-refractivity contribution >= 4 is 40.6 Å². The number of halogens is 1. The lowest BCUT2D eigenvalue weighted by Gasteiger charge is -2.10. The zero-order chi connectivity index (χ0) is 23.5. The van der Waals surface area contributed by atoms with E-state index in [9.17, 15) is 4.79 Å². The van der Waals surface area contributed by atoms with Crippen LogP contribution in [0.3, 0.4) is 0 Å². The Balaban J connectivity index is 1.53. The number of nitrogens with zero attached hydrogens (tertiary/aromatic N) is 4. The van der Waals surface area contributed by atoms with E-state index in [1.165, 1.54) is 0 Å². The molecule has 2 aromatic heterocycles. The summed E-state index contributed by atoms with van der Waals surface area (Å²) in [4.78, 5) is 23.7. The van der Waals surface area contributed by atoms with Gasteiger partial charge in [-0.25, -0.2) is 19.4 Å². The van der Waals surface area contributed by atoms with Crippen molar-refractivity contribution < 1.29 is 14.2 Å². The maximum atomic E-state index is 12.3. The van der Waals surface area contributed by atoms with Crippen LogP contribution in [0.1, 0.15) is 17.3 Å². The summed E-state index contributed by atoms with van der Waals surface area (Å²) in [7, 11) is 0. The topological polar surface area (TPSA) is 91.0 Å². The molecule has 0 fully saturated rings. The molecule has 9 heteroatoms. The van der Waals surface area contributed by atoms with Crippen molar-refractivity contribution in [3.8, 4) is 22.5 Å². The Bertz CT molecular complexity index is 1470. The molecule has 0 saturated carbocycles. The summed E-state index contributed by atoms with van der Waals surface area (Å²) in [6.07, 6.45) is 0. The minimum absolute atomic E-state index is 0.287. The molecule has 0 unspecified atom stereocenters. The van der Waals surface area contributed by atoms with Gasteiger partial charge in [0.15, 0.2) is 0 Å². The smallest absolute Gasteiger partial charge is 0.338 e. The predicted octanol–water partition coefficient (Wildman–Crippen LogP) is 6.33. The highest BCUT2D eigenvalue weighted by molar-refractivity contribution is 7.99. The lowest BCUT2D eigenvalue weighted by Crippen LogP contribution is -2.05. The van der Waals surface area contributed by atoms with E-state index in [-0.39, 0.29) is 5.65 Å². The van der Waals surface area contributed by atoms with Gasteiger partial charge in [0, 0.05) is 25.9 Å². The van der Waals surface area contributed by atoms with E-state index in [0.29, 0.717) is 39.8 Å². The lowest BCUT2D eigenvalue weighted by atomic mass is 10.0. The molecule has 168 valence electrons. The molecule has 0 bridgehead atoms. The number of aromatic nitrogens is 4. The fourth-order valence-corrected chi connectivity index (χ4v) is 4.31. The second-order valence-corrected chi connectivity index (χ2v) is 8.80. The average molecular weight is 489 g/mol. The van der Waals surface area contributed by atoms with Crippen LogP contribution in [0.25, 0.3) is 33.8 Å². The monoisotopic (exact) mass is 488 g/mol. The molecule has 0 saturated heterocycles. The zero-order valence-electron chi connectivity index (χ0n) is 17.9. The number of ether oxygens (including phenoxy) is 1. The van der Waals surface area contributed by atoms with Crippen LogP contribution < -0.4 is 0 Å². The number of carbonyl (C=O) groups excluding carboxylic acids is 1. The molecule has 0 aliphatic carbocycles. The minimum atomic E-state index is -0.397. The Morgan fingerprint density at radius 2 is 1.50 bits per heavy atom. The van der Waals surface area contributed by atoms with Gasteiger partial charge in [0.1, 0.15) is 0 Å². The van der Waals surface area contributed by atoms with Gasteiger partial charge in [-0.05, 0) is 65.8 Å². The number of fused-ring (bicyclic) bond motifs is 1. The second kappa shape index (κ2) is 9.62. The summed E-state index contributed by atoms with van der Waals surface area (Å²) in [5.41, 5.74) is 3.74. The minimum Gasteiger partial charge on any atom is -0.462 e. The molecule has 3 aromatic carbocycles. The highest BCUT2D eigenvalue weighted by atomic mass is 35.5. The van der Waals surface area contributed by atoms with Crippen molar-refractivity contribution in [2.75, 3.05) is 6.61 Å². The molecule has 5 aromatic rings. The quantitative estimate of drug-likeness (QED) is 0.256. The van der Waals surface area contributed by atoms with Crippen LogP contribution in [-0.2, 0) is 4.74 Å². The molecule has 0 spiro atoms. The summed E-state index contributed by atoms with van der Waals surface area (Å²) in [6, 6.07) is 22.7. The van der Waals surface area contributed by atoms with Crippen LogP contribution >= 0.6 is 23.4 Å². The first-order valence-corrected chi connectivity index (χ1v) is 11.6. The van der Waals surface area contributed by atoms with Gasteiger partial charge in [0.05, 0.1) is 23.6 Å². The van der Waals surface area contributed by atoms with Crippen molar-refractivity contribution in [1.29, 1.82) is 0 Å². The molecular weight excluding hydrogens is 472 g/mol. The zero-order valence-corrected chi connectivity index (χ0v) is 19.5. The fraction of sp³-hybridized carbons (Fsp3) is 0.0800. The first kappa shape index (κ1) is 22.1. The molecule has 0 aliphatic rings. The van der Waals surface area contributed by atoms with E-state index in [4.69, 9.17) is 21.0 Å². The normalized spacial score (nSPS) is 11.0. The molecule has 7 nitrogen and oxygen atoms in total. The van der Waals surface area contributed by atoms with E-state index < -0.39 is 5.97 Å². The van der Waals surface area contributed by atoms with Gasteiger partial charge >= 0.3 is 5.97 Å². The summed E-state index contributed by atoms with van der Waals surface area (Å²) in [6.45, 7) is 2.07. The van der Waals surface area contributed by atoms with Crippen LogP contribution in [0.5, 0.6) is 0 Å². The maximum Gasteiger partial charge on any atom is 0.338 e. The van der Waals surface area contributed by atoms with Gasteiger partial charge in [-0.15, -0.1) is 0 Å². The van der Waals surface area contributed by atoms with E-state index in [1.54, 1.807) is 36.9 Å². The standard InChI is InChI=1S/C25H17ClN4O3S/c1-2-32-25(31)17-5-3-4-16(14-17)22-21(27-23-24(28-22)30-33-29-23)15-6-10-19(11-7-15)34-20-12-8-18(26)9-13-20/h3-14H,2H2,1H3. The molecule has 34 heavy (non-hydrogen) atoms. The van der Waals surface area contributed by atoms with Crippen molar-refractivity contribution in [3.05, 3.63) is 83.4 Å². The van der Waals surface area contributed by atoms with Crippen LogP contribution in [0, 0.1) is 0 Å². The molecular formula is C25H17ClN4O3S. The van der Waals surface area contributed by atoms with E-state index in [1.807, 2.05) is 54.6 Å². The van der Waals surface area contributed by atoms with Gasteiger partial charge in [-0.1, -0.05) is 47.6 Å². The van der Waals surface area contributed by atoms with Gasteiger partial charge in [0.25, 0.3) is 0 Å². The largest absolute Gasteiger partial charge is 0.462 e. The predicted molar refractivity (Wildman–Crippen MR) is 130 cm³/mol. The Kier molecular flexibility index (Phi) is 6.24. The molecule has 5 rings (SSSR count). The summed E-state index contributed by atoms with van der Waals surface area (Å²) < 4.78 is 9.96. The average Bonchev–Trinajstić information content (AvgIpc) is 3.33. The second-order valence-electron chi connectivity index (χ2n) is 7.21. The molecule has 0 N–H and O–H groups in total. The number of benzene rings is 3. The van der Waals surface area contributed by atoms with Gasteiger partial charge in [0.2, 0.25) is 11.3 Å². The van der Waals surface area contributed by atoms with Crippen molar-refractivity contribution in [2.24, 2.45) is 0 Å².